The van der Waals surface area contributed by atoms with Crippen molar-refractivity contribution in [1.29, 1.82) is 0 Å². The third kappa shape index (κ3) is 4.23. The van der Waals surface area contributed by atoms with Gasteiger partial charge in [-0.3, -0.25) is 4.79 Å². The number of carboxylic acid groups (broad SMARTS) is 1. The van der Waals surface area contributed by atoms with E-state index in [2.05, 4.69) is 0 Å². The maximum Gasteiger partial charge on any atom is 0.307 e. The van der Waals surface area contributed by atoms with Gasteiger partial charge in [-0.25, -0.2) is 0 Å². The van der Waals surface area contributed by atoms with Gasteiger partial charge in [0.2, 0.25) is 0 Å². The van der Waals surface area contributed by atoms with Crippen LogP contribution < -0.4 is 0 Å². The molecule has 0 fully saturated rings. The maximum atomic E-state index is 11.5. The van der Waals surface area contributed by atoms with Crippen LogP contribution in [-0.4, -0.2) is 11.1 Å². The Morgan fingerprint density at radius 2 is 1.76 bits per heavy atom. The molecule has 110 valence electrons. The number of aliphatic carboxylic acids is 1. The Kier molecular flexibility index (Phi) is 5.27. The average Bonchev–Trinajstić information content (AvgIpc) is 2.42. The summed E-state index contributed by atoms with van der Waals surface area (Å²) in [4.78, 5) is 11.5. The number of carboxylic acids is 1. The minimum absolute atomic E-state index is 0.389. The lowest BCUT2D eigenvalue weighted by molar-refractivity contribution is -0.141. The van der Waals surface area contributed by atoms with Crippen molar-refractivity contribution < 1.29 is 9.90 Å². The van der Waals surface area contributed by atoms with E-state index >= 15 is 0 Å². The van der Waals surface area contributed by atoms with Crippen molar-refractivity contribution in [2.45, 2.75) is 19.8 Å². The summed E-state index contributed by atoms with van der Waals surface area (Å²) in [5.74, 6) is -1.32. The van der Waals surface area contributed by atoms with Gasteiger partial charge in [-0.15, -0.1) is 0 Å². The number of halogens is 2. The van der Waals surface area contributed by atoms with E-state index in [0.29, 0.717) is 22.9 Å². The first-order valence-corrected chi connectivity index (χ1v) is 7.44. The predicted octanol–water partition coefficient (Wildman–Crippen LogP) is 4.79. The molecule has 2 nitrogen and oxygen atoms in total. The van der Waals surface area contributed by atoms with Gasteiger partial charge in [0.05, 0.1) is 5.92 Å². The zero-order chi connectivity index (χ0) is 15.4. The molecule has 2 aromatic carbocycles. The van der Waals surface area contributed by atoms with Crippen LogP contribution >= 0.6 is 23.2 Å². The van der Waals surface area contributed by atoms with E-state index in [1.165, 1.54) is 0 Å². The fourth-order valence-corrected chi connectivity index (χ4v) is 2.79. The van der Waals surface area contributed by atoms with Crippen molar-refractivity contribution in [3.05, 3.63) is 69.2 Å². The third-order valence-electron chi connectivity index (χ3n) is 3.56. The molecular formula is C17H16Cl2O2. The van der Waals surface area contributed by atoms with Crippen molar-refractivity contribution in [3.8, 4) is 0 Å². The summed E-state index contributed by atoms with van der Waals surface area (Å²) in [5, 5.41) is 10.5. The van der Waals surface area contributed by atoms with Gasteiger partial charge in [0.1, 0.15) is 0 Å². The van der Waals surface area contributed by atoms with E-state index in [1.807, 2.05) is 31.2 Å². The highest BCUT2D eigenvalue weighted by Crippen LogP contribution is 2.25. The number of aryl methyl sites for hydroxylation is 1. The Labute approximate surface area is 134 Å². The molecule has 1 atom stereocenters. The van der Waals surface area contributed by atoms with E-state index in [1.54, 1.807) is 18.2 Å². The van der Waals surface area contributed by atoms with Crippen LogP contribution in [0, 0.1) is 12.8 Å². The molecule has 1 N–H and O–H groups in total. The van der Waals surface area contributed by atoms with Crippen molar-refractivity contribution in [1.82, 2.24) is 0 Å². The molecule has 0 aliphatic heterocycles. The number of carbonyl (C=O) groups is 1. The molecule has 21 heavy (non-hydrogen) atoms. The molecule has 4 heteroatoms. The topological polar surface area (TPSA) is 37.3 Å². The molecule has 1 unspecified atom stereocenters. The zero-order valence-corrected chi connectivity index (χ0v) is 13.2. The standard InChI is InChI=1S/C17H16Cl2O2/c1-11-4-2-3-5-12(11)8-14(17(20)21)9-13-6-7-15(18)10-16(13)19/h2-7,10,14H,8-9H2,1H3,(H,20,21). The molecule has 0 saturated carbocycles. The zero-order valence-electron chi connectivity index (χ0n) is 11.6. The molecule has 0 aliphatic carbocycles. The van der Waals surface area contributed by atoms with Gasteiger partial charge in [0.15, 0.2) is 0 Å². The lowest BCUT2D eigenvalue weighted by atomic mass is 9.91. The van der Waals surface area contributed by atoms with Gasteiger partial charge in [-0.05, 0) is 48.6 Å². The Balaban J connectivity index is 2.20. The van der Waals surface area contributed by atoms with E-state index in [0.717, 1.165) is 16.7 Å². The van der Waals surface area contributed by atoms with Crippen LogP contribution in [0.4, 0.5) is 0 Å². The Hall–Kier alpha value is -1.51. The fraction of sp³-hybridized carbons (Fsp3) is 0.235. The molecule has 0 aromatic heterocycles. The van der Waals surface area contributed by atoms with Gasteiger partial charge < -0.3 is 5.11 Å². The molecule has 2 rings (SSSR count). The number of hydrogen-bond donors (Lipinski definition) is 1. The first-order valence-electron chi connectivity index (χ1n) is 6.68. The van der Waals surface area contributed by atoms with Crippen LogP contribution in [0.1, 0.15) is 16.7 Å². The Morgan fingerprint density at radius 3 is 2.38 bits per heavy atom. The normalized spacial score (nSPS) is 12.1. The lowest BCUT2D eigenvalue weighted by Crippen LogP contribution is -2.19. The molecule has 0 saturated heterocycles. The van der Waals surface area contributed by atoms with Crippen LogP contribution in [0.25, 0.3) is 0 Å². The SMILES string of the molecule is Cc1ccccc1CC(Cc1ccc(Cl)cc1Cl)C(=O)O. The third-order valence-corrected chi connectivity index (χ3v) is 4.15. The molecule has 0 bridgehead atoms. The number of hydrogen-bond acceptors (Lipinski definition) is 1. The second kappa shape index (κ2) is 6.97. The van der Waals surface area contributed by atoms with Crippen molar-refractivity contribution >= 4 is 29.2 Å². The van der Waals surface area contributed by atoms with Gasteiger partial charge >= 0.3 is 5.97 Å². The summed E-state index contributed by atoms with van der Waals surface area (Å²) in [5.41, 5.74) is 2.96. The fourth-order valence-electron chi connectivity index (χ4n) is 2.30. The summed E-state index contributed by atoms with van der Waals surface area (Å²) < 4.78 is 0. The Morgan fingerprint density at radius 1 is 1.10 bits per heavy atom. The van der Waals surface area contributed by atoms with Gasteiger partial charge in [-0.1, -0.05) is 53.5 Å². The second-order valence-electron chi connectivity index (χ2n) is 5.11. The monoisotopic (exact) mass is 322 g/mol. The quantitative estimate of drug-likeness (QED) is 0.859. The summed E-state index contributed by atoms with van der Waals surface area (Å²) in [6.45, 7) is 1.99. The molecular weight excluding hydrogens is 307 g/mol. The first kappa shape index (κ1) is 15.9. The van der Waals surface area contributed by atoms with E-state index in [-0.39, 0.29) is 0 Å². The highest BCUT2D eigenvalue weighted by atomic mass is 35.5. The number of benzene rings is 2. The second-order valence-corrected chi connectivity index (χ2v) is 5.95. The molecule has 0 radical (unpaired) electrons. The van der Waals surface area contributed by atoms with Gasteiger partial charge in [0.25, 0.3) is 0 Å². The van der Waals surface area contributed by atoms with Crippen molar-refractivity contribution in [2.75, 3.05) is 0 Å². The smallest absolute Gasteiger partial charge is 0.307 e. The van der Waals surface area contributed by atoms with Crippen molar-refractivity contribution in [2.24, 2.45) is 5.92 Å². The first-order chi connectivity index (χ1) is 9.97. The molecule has 2 aromatic rings. The minimum Gasteiger partial charge on any atom is -0.481 e. The molecule has 0 heterocycles. The van der Waals surface area contributed by atoms with E-state index in [9.17, 15) is 9.90 Å². The van der Waals surface area contributed by atoms with Crippen LogP contribution in [-0.2, 0) is 17.6 Å². The predicted molar refractivity (Wildman–Crippen MR) is 86.2 cm³/mol. The van der Waals surface area contributed by atoms with Crippen LogP contribution in [0.3, 0.4) is 0 Å². The highest BCUT2D eigenvalue weighted by molar-refractivity contribution is 6.35. The maximum absolute atomic E-state index is 11.5. The van der Waals surface area contributed by atoms with Crippen LogP contribution in [0.5, 0.6) is 0 Å². The summed E-state index contributed by atoms with van der Waals surface area (Å²) >= 11 is 12.0. The summed E-state index contributed by atoms with van der Waals surface area (Å²) in [6, 6.07) is 13.0. The van der Waals surface area contributed by atoms with Gasteiger partial charge in [-0.2, -0.15) is 0 Å². The summed E-state index contributed by atoms with van der Waals surface area (Å²) in [6.07, 6.45) is 0.876. The lowest BCUT2D eigenvalue weighted by Gasteiger charge is -2.15. The summed E-state index contributed by atoms with van der Waals surface area (Å²) in [7, 11) is 0. The van der Waals surface area contributed by atoms with Gasteiger partial charge in [0, 0.05) is 10.0 Å². The van der Waals surface area contributed by atoms with E-state index < -0.39 is 11.9 Å². The number of rotatable bonds is 5. The molecule has 0 aliphatic rings. The molecule has 0 spiro atoms. The average molecular weight is 323 g/mol. The van der Waals surface area contributed by atoms with Crippen LogP contribution in [0.2, 0.25) is 10.0 Å². The van der Waals surface area contributed by atoms with Crippen molar-refractivity contribution in [3.63, 3.8) is 0 Å². The largest absolute Gasteiger partial charge is 0.481 e. The minimum atomic E-state index is -0.815. The Bertz CT molecular complexity index is 653. The molecule has 0 amide bonds. The van der Waals surface area contributed by atoms with Crippen LogP contribution in [0.15, 0.2) is 42.5 Å². The highest BCUT2D eigenvalue weighted by Gasteiger charge is 2.20. The van der Waals surface area contributed by atoms with E-state index in [4.69, 9.17) is 23.2 Å².